The minimum atomic E-state index is 1.09. The molecule has 0 heteroatoms. The van der Waals surface area contributed by atoms with E-state index in [-0.39, 0.29) is 0 Å². The van der Waals surface area contributed by atoms with Gasteiger partial charge in [-0.1, -0.05) is 80.4 Å². The molecule has 2 aromatic carbocycles. The molecule has 0 saturated heterocycles. The first kappa shape index (κ1) is 17.5. The standard InChI is InChI=1S/C23H30/c1-4-21-17-12-18-22(23(21)19(2)3)16-11-6-5-8-13-20-14-9-7-10-15-20/h7,9-10,12,14-15,17-18H,2,4-6,8,11,13,16H2,1,3H3. The van der Waals surface area contributed by atoms with Crippen molar-refractivity contribution in [3.8, 4) is 0 Å². The number of benzene rings is 2. The van der Waals surface area contributed by atoms with Gasteiger partial charge in [0, 0.05) is 0 Å². The van der Waals surface area contributed by atoms with E-state index < -0.39 is 0 Å². The number of aryl methyl sites for hydroxylation is 3. The van der Waals surface area contributed by atoms with Crippen LogP contribution in [0.3, 0.4) is 0 Å². The predicted molar refractivity (Wildman–Crippen MR) is 103 cm³/mol. The van der Waals surface area contributed by atoms with E-state index in [1.165, 1.54) is 66.4 Å². The molecule has 0 amide bonds. The zero-order chi connectivity index (χ0) is 16.5. The monoisotopic (exact) mass is 306 g/mol. The topological polar surface area (TPSA) is 0 Å². The van der Waals surface area contributed by atoms with Crippen LogP contribution < -0.4 is 0 Å². The lowest BCUT2D eigenvalue weighted by atomic mass is 9.91. The summed E-state index contributed by atoms with van der Waals surface area (Å²) in [7, 11) is 0. The summed E-state index contributed by atoms with van der Waals surface area (Å²) in [5.74, 6) is 0. The molecule has 0 aliphatic rings. The molecule has 0 aromatic heterocycles. The summed E-state index contributed by atoms with van der Waals surface area (Å²) in [4.78, 5) is 0. The van der Waals surface area contributed by atoms with Gasteiger partial charge in [-0.05, 0) is 61.3 Å². The lowest BCUT2D eigenvalue weighted by Gasteiger charge is -2.14. The van der Waals surface area contributed by atoms with E-state index in [4.69, 9.17) is 0 Å². The van der Waals surface area contributed by atoms with Crippen LogP contribution in [0.4, 0.5) is 0 Å². The normalized spacial score (nSPS) is 10.7. The number of unbranched alkanes of at least 4 members (excludes halogenated alkanes) is 3. The molecule has 0 nitrogen and oxygen atoms in total. The van der Waals surface area contributed by atoms with Gasteiger partial charge >= 0.3 is 0 Å². The Balaban J connectivity index is 1.77. The molecule has 0 saturated carbocycles. The zero-order valence-electron chi connectivity index (χ0n) is 14.8. The van der Waals surface area contributed by atoms with Crippen LogP contribution in [0.1, 0.15) is 61.8 Å². The zero-order valence-corrected chi connectivity index (χ0v) is 14.8. The van der Waals surface area contributed by atoms with Crippen molar-refractivity contribution in [3.63, 3.8) is 0 Å². The Kier molecular flexibility index (Phi) is 7.13. The van der Waals surface area contributed by atoms with Gasteiger partial charge in [0.2, 0.25) is 0 Å². The molecule has 0 N–H and O–H groups in total. The number of hydrogen-bond donors (Lipinski definition) is 0. The van der Waals surface area contributed by atoms with Crippen LogP contribution in [0.5, 0.6) is 0 Å². The van der Waals surface area contributed by atoms with Crippen molar-refractivity contribution in [2.45, 2.75) is 58.8 Å². The van der Waals surface area contributed by atoms with Crippen molar-refractivity contribution >= 4 is 5.57 Å². The second-order valence-electron chi connectivity index (χ2n) is 6.48. The maximum absolute atomic E-state index is 4.19. The lowest BCUT2D eigenvalue weighted by Crippen LogP contribution is -1.98. The molecular weight excluding hydrogens is 276 g/mol. The SMILES string of the molecule is C=C(C)c1c(CC)cccc1CCCCCCc1ccccc1. The summed E-state index contributed by atoms with van der Waals surface area (Å²) < 4.78 is 0. The highest BCUT2D eigenvalue weighted by Crippen LogP contribution is 2.24. The number of hydrogen-bond acceptors (Lipinski definition) is 0. The molecule has 0 radical (unpaired) electrons. The van der Waals surface area contributed by atoms with Crippen molar-refractivity contribution in [2.24, 2.45) is 0 Å². The maximum Gasteiger partial charge on any atom is -0.0169 e. The Morgan fingerprint density at radius 3 is 2.09 bits per heavy atom. The third-order valence-corrected chi connectivity index (χ3v) is 4.55. The molecular formula is C23H30. The summed E-state index contributed by atoms with van der Waals surface area (Å²) in [5.41, 5.74) is 7.02. The molecule has 23 heavy (non-hydrogen) atoms. The van der Waals surface area contributed by atoms with Crippen LogP contribution in [-0.2, 0) is 19.3 Å². The van der Waals surface area contributed by atoms with Gasteiger partial charge in [0.25, 0.3) is 0 Å². The number of allylic oxidation sites excluding steroid dienone is 1. The predicted octanol–water partition coefficient (Wildman–Crippen LogP) is 6.63. The highest BCUT2D eigenvalue weighted by atomic mass is 14.1. The van der Waals surface area contributed by atoms with E-state index in [9.17, 15) is 0 Å². The van der Waals surface area contributed by atoms with Crippen LogP contribution >= 0.6 is 0 Å². The van der Waals surface area contributed by atoms with Crippen molar-refractivity contribution in [3.05, 3.63) is 77.4 Å². The summed E-state index contributed by atoms with van der Waals surface area (Å²) in [6.45, 7) is 8.55. The molecule has 0 heterocycles. The van der Waals surface area contributed by atoms with Crippen molar-refractivity contribution in [1.82, 2.24) is 0 Å². The first-order valence-corrected chi connectivity index (χ1v) is 9.03. The molecule has 122 valence electrons. The van der Waals surface area contributed by atoms with E-state index in [1.54, 1.807) is 0 Å². The third-order valence-electron chi connectivity index (χ3n) is 4.55. The molecule has 0 unspecified atom stereocenters. The van der Waals surface area contributed by atoms with Gasteiger partial charge in [0.1, 0.15) is 0 Å². The summed E-state index contributed by atoms with van der Waals surface area (Å²) >= 11 is 0. The summed E-state index contributed by atoms with van der Waals surface area (Å²) in [6.07, 6.45) is 8.70. The molecule has 2 rings (SSSR count). The van der Waals surface area contributed by atoms with Crippen LogP contribution in [0.15, 0.2) is 55.1 Å². The third kappa shape index (κ3) is 5.39. The largest absolute Gasteiger partial charge is 0.0955 e. The molecule has 2 aromatic rings. The second-order valence-corrected chi connectivity index (χ2v) is 6.48. The van der Waals surface area contributed by atoms with E-state index in [0.717, 1.165) is 6.42 Å². The summed E-state index contributed by atoms with van der Waals surface area (Å²) in [6, 6.07) is 17.6. The van der Waals surface area contributed by atoms with Crippen LogP contribution in [0, 0.1) is 0 Å². The van der Waals surface area contributed by atoms with Crippen molar-refractivity contribution < 1.29 is 0 Å². The van der Waals surface area contributed by atoms with Gasteiger partial charge in [-0.3, -0.25) is 0 Å². The van der Waals surface area contributed by atoms with Crippen molar-refractivity contribution in [1.29, 1.82) is 0 Å². The maximum atomic E-state index is 4.19. The number of rotatable bonds is 9. The van der Waals surface area contributed by atoms with Crippen LogP contribution in [0.25, 0.3) is 5.57 Å². The van der Waals surface area contributed by atoms with E-state index >= 15 is 0 Å². The molecule has 0 fully saturated rings. The average Bonchev–Trinajstić information content (AvgIpc) is 2.58. The molecule has 0 atom stereocenters. The van der Waals surface area contributed by atoms with Gasteiger partial charge in [-0.15, -0.1) is 0 Å². The van der Waals surface area contributed by atoms with E-state index in [0.29, 0.717) is 0 Å². The minimum absolute atomic E-state index is 1.09. The minimum Gasteiger partial charge on any atom is -0.0955 e. The van der Waals surface area contributed by atoms with Crippen LogP contribution in [-0.4, -0.2) is 0 Å². The average molecular weight is 306 g/mol. The molecule has 0 spiro atoms. The Morgan fingerprint density at radius 2 is 1.43 bits per heavy atom. The molecule has 0 aliphatic heterocycles. The molecule has 0 aliphatic carbocycles. The Hall–Kier alpha value is -1.82. The fourth-order valence-electron chi connectivity index (χ4n) is 3.35. The Morgan fingerprint density at radius 1 is 0.783 bits per heavy atom. The van der Waals surface area contributed by atoms with E-state index in [1.807, 2.05) is 0 Å². The van der Waals surface area contributed by atoms with Gasteiger partial charge in [-0.25, -0.2) is 0 Å². The van der Waals surface area contributed by atoms with Gasteiger partial charge in [0.05, 0.1) is 0 Å². The first-order valence-electron chi connectivity index (χ1n) is 9.03. The van der Waals surface area contributed by atoms with Crippen molar-refractivity contribution in [2.75, 3.05) is 0 Å². The highest BCUT2D eigenvalue weighted by Gasteiger charge is 2.07. The fraction of sp³-hybridized carbons (Fsp3) is 0.391. The Bertz CT molecular complexity index is 607. The lowest BCUT2D eigenvalue weighted by molar-refractivity contribution is 0.640. The quantitative estimate of drug-likeness (QED) is 0.456. The fourth-order valence-corrected chi connectivity index (χ4v) is 3.35. The van der Waals surface area contributed by atoms with E-state index in [2.05, 4.69) is 69.0 Å². The smallest absolute Gasteiger partial charge is 0.0169 e. The molecule has 0 bridgehead atoms. The van der Waals surface area contributed by atoms with Gasteiger partial charge < -0.3 is 0 Å². The van der Waals surface area contributed by atoms with Crippen LogP contribution in [0.2, 0.25) is 0 Å². The summed E-state index contributed by atoms with van der Waals surface area (Å²) in [5, 5.41) is 0. The van der Waals surface area contributed by atoms with Gasteiger partial charge in [0.15, 0.2) is 0 Å². The second kappa shape index (κ2) is 9.35. The highest BCUT2D eigenvalue weighted by molar-refractivity contribution is 5.67. The first-order chi connectivity index (χ1) is 11.2. The van der Waals surface area contributed by atoms with Gasteiger partial charge in [-0.2, -0.15) is 0 Å². The Labute approximate surface area is 142 Å².